The number of benzene rings is 3. The van der Waals surface area contributed by atoms with Gasteiger partial charge in [-0.05, 0) is 70.5 Å². The van der Waals surface area contributed by atoms with Crippen molar-refractivity contribution in [2.45, 2.75) is 65.3 Å². The second kappa shape index (κ2) is 11.3. The van der Waals surface area contributed by atoms with Crippen LogP contribution in [0, 0.1) is 0 Å². The molecule has 0 radical (unpaired) electrons. The van der Waals surface area contributed by atoms with E-state index in [0.29, 0.717) is 5.69 Å². The summed E-state index contributed by atoms with van der Waals surface area (Å²) in [5.41, 5.74) is 0.0930. The van der Waals surface area contributed by atoms with Gasteiger partial charge in [0.15, 0.2) is 0 Å². The number of hydrogen-bond donors (Lipinski definition) is 3. The molecule has 3 aromatic rings. The van der Waals surface area contributed by atoms with Gasteiger partial charge in [0, 0.05) is 17.3 Å². The number of phenols is 1. The van der Waals surface area contributed by atoms with Crippen LogP contribution >= 0.6 is 0 Å². The average Bonchev–Trinajstić information content (AvgIpc) is 2.81. The van der Waals surface area contributed by atoms with E-state index in [0.717, 1.165) is 10.8 Å². The van der Waals surface area contributed by atoms with Crippen LogP contribution in [-0.2, 0) is 14.3 Å². The maximum absolute atomic E-state index is 13.8. The van der Waals surface area contributed by atoms with E-state index in [1.165, 1.54) is 17.9 Å². The summed E-state index contributed by atoms with van der Waals surface area (Å²) in [6.45, 7) is 10.3. The quantitative estimate of drug-likeness (QED) is 0.400. The van der Waals surface area contributed by atoms with Crippen LogP contribution in [-0.4, -0.2) is 45.6 Å². The van der Waals surface area contributed by atoms with Crippen molar-refractivity contribution >= 4 is 34.4 Å². The molecule has 0 aliphatic carbocycles. The lowest BCUT2D eigenvalue weighted by Crippen LogP contribution is -2.53. The topological polar surface area (TPSA) is 108 Å². The summed E-state index contributed by atoms with van der Waals surface area (Å²) < 4.78 is 5.28. The fourth-order valence-electron chi connectivity index (χ4n) is 4.06. The molecule has 0 fully saturated rings. The first-order chi connectivity index (χ1) is 17.4. The normalized spacial score (nSPS) is 13.1. The van der Waals surface area contributed by atoms with Gasteiger partial charge in [-0.2, -0.15) is 0 Å². The second-order valence-corrected chi connectivity index (χ2v) is 10.2. The summed E-state index contributed by atoms with van der Waals surface area (Å²) >= 11 is 0. The van der Waals surface area contributed by atoms with Crippen molar-refractivity contribution < 1.29 is 24.2 Å². The van der Waals surface area contributed by atoms with Crippen molar-refractivity contribution in [3.05, 3.63) is 72.3 Å². The van der Waals surface area contributed by atoms with Crippen molar-refractivity contribution in [2.75, 3.05) is 5.32 Å². The molecule has 0 aromatic heterocycles. The predicted molar refractivity (Wildman–Crippen MR) is 144 cm³/mol. The largest absolute Gasteiger partial charge is 0.508 e. The first-order valence-electron chi connectivity index (χ1n) is 12.3. The number of phenolic OH excluding ortho intramolecular Hbond substituents is 1. The van der Waals surface area contributed by atoms with Gasteiger partial charge in [-0.25, -0.2) is 4.79 Å². The number of rotatable bonds is 7. The smallest absolute Gasteiger partial charge is 0.408 e. The lowest BCUT2D eigenvalue weighted by molar-refractivity contribution is -0.142. The number of aromatic hydroxyl groups is 1. The van der Waals surface area contributed by atoms with E-state index in [1.54, 1.807) is 58.9 Å². The zero-order chi connectivity index (χ0) is 27.3. The minimum absolute atomic E-state index is 0.118. The Morgan fingerprint density at radius 1 is 0.892 bits per heavy atom. The number of alkyl carbamates (subject to hydrolysis) is 1. The van der Waals surface area contributed by atoms with Crippen LogP contribution in [0.25, 0.3) is 10.8 Å². The van der Waals surface area contributed by atoms with E-state index >= 15 is 0 Å². The van der Waals surface area contributed by atoms with Gasteiger partial charge in [0.2, 0.25) is 5.91 Å². The number of nitrogens with one attached hydrogen (secondary N) is 2. The fraction of sp³-hybridized carbons (Fsp3) is 0.345. The molecule has 0 saturated carbocycles. The van der Waals surface area contributed by atoms with Gasteiger partial charge >= 0.3 is 6.09 Å². The zero-order valence-corrected chi connectivity index (χ0v) is 22.1. The Bertz CT molecular complexity index is 1280. The molecule has 8 nitrogen and oxygen atoms in total. The molecule has 3 N–H and O–H groups in total. The minimum atomic E-state index is -1.16. The summed E-state index contributed by atoms with van der Waals surface area (Å²) in [4.78, 5) is 41.1. The molecule has 0 spiro atoms. The standard InChI is InChI=1S/C29H35N3O5/c1-18(2)32(27(35)19(3)30-28(36)37-29(4,5)6)25(23-13-9-10-14-24(23)33)26(34)31-22-16-15-20-11-7-8-12-21(20)17-22/h7-19,25,33H,1-6H3,(H,30,36)(H,31,34). The molecule has 196 valence electrons. The molecule has 2 atom stereocenters. The lowest BCUT2D eigenvalue weighted by atomic mass is 10.00. The van der Waals surface area contributed by atoms with Gasteiger partial charge in [0.1, 0.15) is 23.4 Å². The lowest BCUT2D eigenvalue weighted by Gasteiger charge is -2.36. The number of anilines is 1. The Hall–Kier alpha value is -4.07. The van der Waals surface area contributed by atoms with E-state index in [2.05, 4.69) is 10.6 Å². The Morgan fingerprint density at radius 2 is 1.51 bits per heavy atom. The molecule has 3 aromatic carbocycles. The number of carbonyl (C=O) groups is 3. The highest BCUT2D eigenvalue weighted by atomic mass is 16.6. The molecule has 37 heavy (non-hydrogen) atoms. The molecule has 0 aliphatic heterocycles. The summed E-state index contributed by atoms with van der Waals surface area (Å²) in [7, 11) is 0. The Balaban J connectivity index is 1.95. The highest BCUT2D eigenvalue weighted by Gasteiger charge is 2.37. The number of hydrogen-bond acceptors (Lipinski definition) is 5. The second-order valence-electron chi connectivity index (χ2n) is 10.2. The van der Waals surface area contributed by atoms with Crippen molar-refractivity contribution in [3.8, 4) is 5.75 Å². The van der Waals surface area contributed by atoms with Crippen LogP contribution in [0.2, 0.25) is 0 Å². The van der Waals surface area contributed by atoms with Gasteiger partial charge < -0.3 is 25.4 Å². The summed E-state index contributed by atoms with van der Waals surface area (Å²) in [5, 5.41) is 18.1. The van der Waals surface area contributed by atoms with E-state index in [4.69, 9.17) is 4.74 Å². The molecule has 0 heterocycles. The summed E-state index contributed by atoms with van der Waals surface area (Å²) in [6.07, 6.45) is -0.739. The Labute approximate surface area is 217 Å². The zero-order valence-electron chi connectivity index (χ0n) is 22.1. The van der Waals surface area contributed by atoms with E-state index in [1.807, 2.05) is 36.4 Å². The molecule has 0 aliphatic rings. The third-order valence-electron chi connectivity index (χ3n) is 5.69. The predicted octanol–water partition coefficient (Wildman–Crippen LogP) is 5.38. The van der Waals surface area contributed by atoms with Crippen molar-refractivity contribution in [2.24, 2.45) is 0 Å². The molecule has 2 unspecified atom stereocenters. The van der Waals surface area contributed by atoms with Gasteiger partial charge in [-0.1, -0.05) is 48.5 Å². The van der Waals surface area contributed by atoms with Crippen molar-refractivity contribution in [1.29, 1.82) is 0 Å². The van der Waals surface area contributed by atoms with Crippen molar-refractivity contribution in [1.82, 2.24) is 10.2 Å². The van der Waals surface area contributed by atoms with Crippen LogP contribution in [0.4, 0.5) is 10.5 Å². The average molecular weight is 506 g/mol. The summed E-state index contributed by atoms with van der Waals surface area (Å²) in [5.74, 6) is -1.11. The maximum Gasteiger partial charge on any atom is 0.408 e. The summed E-state index contributed by atoms with van der Waals surface area (Å²) in [6, 6.07) is 17.1. The Kier molecular flexibility index (Phi) is 8.42. The van der Waals surface area contributed by atoms with Crippen molar-refractivity contribution in [3.63, 3.8) is 0 Å². The molecular weight excluding hydrogens is 470 g/mol. The van der Waals surface area contributed by atoms with Crippen LogP contribution in [0.3, 0.4) is 0 Å². The Morgan fingerprint density at radius 3 is 2.14 bits per heavy atom. The molecule has 3 rings (SSSR count). The molecule has 0 bridgehead atoms. The van der Waals surface area contributed by atoms with Gasteiger partial charge in [-0.3, -0.25) is 9.59 Å². The van der Waals surface area contributed by atoms with Crippen LogP contribution in [0.15, 0.2) is 66.7 Å². The number of nitrogens with zero attached hydrogens (tertiary/aromatic N) is 1. The van der Waals surface area contributed by atoms with Gasteiger partial charge in [0.25, 0.3) is 5.91 Å². The molecule has 8 heteroatoms. The number of carbonyl (C=O) groups excluding carboxylic acids is 3. The number of fused-ring (bicyclic) bond motifs is 1. The monoisotopic (exact) mass is 505 g/mol. The van der Waals surface area contributed by atoms with Gasteiger partial charge in [-0.15, -0.1) is 0 Å². The fourth-order valence-corrected chi connectivity index (χ4v) is 4.06. The molecule has 3 amide bonds. The first-order valence-corrected chi connectivity index (χ1v) is 12.3. The van der Waals surface area contributed by atoms with E-state index < -0.39 is 41.6 Å². The molecular formula is C29H35N3O5. The minimum Gasteiger partial charge on any atom is -0.508 e. The van der Waals surface area contributed by atoms with E-state index in [-0.39, 0.29) is 11.3 Å². The number of ether oxygens (including phenoxy) is 1. The SMILES string of the molecule is CC(NC(=O)OC(C)(C)C)C(=O)N(C(C)C)C(C(=O)Nc1ccc2ccccc2c1)c1ccccc1O. The third-order valence-corrected chi connectivity index (χ3v) is 5.69. The van der Waals surface area contributed by atoms with Crippen LogP contribution in [0.5, 0.6) is 5.75 Å². The maximum atomic E-state index is 13.8. The highest BCUT2D eigenvalue weighted by molar-refractivity contribution is 6.00. The number of para-hydroxylation sites is 1. The van der Waals surface area contributed by atoms with Crippen LogP contribution < -0.4 is 10.6 Å². The van der Waals surface area contributed by atoms with E-state index in [9.17, 15) is 19.5 Å². The van der Waals surface area contributed by atoms with Crippen LogP contribution in [0.1, 0.15) is 53.1 Å². The third kappa shape index (κ3) is 7.00. The molecule has 0 saturated heterocycles. The highest BCUT2D eigenvalue weighted by Crippen LogP contribution is 2.32. The first kappa shape index (κ1) is 27.5. The van der Waals surface area contributed by atoms with Gasteiger partial charge in [0.05, 0.1) is 0 Å². The number of amides is 3.